The van der Waals surface area contributed by atoms with Crippen molar-refractivity contribution in [1.29, 1.82) is 0 Å². The third kappa shape index (κ3) is 4.05. The minimum atomic E-state index is -0.501. The van der Waals surface area contributed by atoms with Gasteiger partial charge in [0.15, 0.2) is 0 Å². The molecule has 0 amide bonds. The molecule has 0 heterocycles. The average Bonchev–Trinajstić information content (AvgIpc) is 2.48. The number of anilines is 1. The van der Waals surface area contributed by atoms with Crippen molar-refractivity contribution in [1.82, 2.24) is 0 Å². The topological polar surface area (TPSA) is 46.2 Å². The Hall–Kier alpha value is -1.12. The predicted molar refractivity (Wildman–Crippen MR) is 94.4 cm³/mol. The maximum atomic E-state index is 13.2. The molecule has 2 aromatic rings. The molecule has 0 spiro atoms. The second-order valence-corrected chi connectivity index (χ2v) is 9.35. The molecular weight excluding hydrogens is 380 g/mol. The summed E-state index contributed by atoms with van der Waals surface area (Å²) in [6.45, 7) is 8.22. The van der Waals surface area contributed by atoms with Gasteiger partial charge in [0.1, 0.15) is 0 Å². The summed E-state index contributed by atoms with van der Waals surface area (Å²) in [5.74, 6) is -0.456. The van der Waals surface area contributed by atoms with Crippen LogP contribution in [0.1, 0.15) is 33.3 Å². The predicted octanol–water partition coefficient (Wildman–Crippen LogP) is 2.45. The quantitative estimate of drug-likeness (QED) is 0.622. The summed E-state index contributed by atoms with van der Waals surface area (Å²) < 4.78 is 13.8. The van der Waals surface area contributed by atoms with Crippen molar-refractivity contribution in [2.24, 2.45) is 5.41 Å². The van der Waals surface area contributed by atoms with Gasteiger partial charge in [0.2, 0.25) is 0 Å². The third-order valence-electron chi connectivity index (χ3n) is 3.95. The van der Waals surface area contributed by atoms with Crippen molar-refractivity contribution >= 4 is 37.4 Å². The fourth-order valence-electron chi connectivity index (χ4n) is 1.91. The molecule has 0 saturated carbocycles. The first-order valence-corrected chi connectivity index (χ1v) is 9.97. The Labute approximate surface area is 146 Å². The SMILES string of the molecule is CC(Nc1c([As]Cc2ccc(F)c(Cl)c2)c(=O)c1=O)C(C)(C)C. The minimum absolute atomic E-state index is 0.0159. The molecule has 6 heteroatoms. The summed E-state index contributed by atoms with van der Waals surface area (Å²) in [7, 11) is 0. The van der Waals surface area contributed by atoms with E-state index in [1.54, 1.807) is 12.1 Å². The number of hydrogen-bond acceptors (Lipinski definition) is 3. The summed E-state index contributed by atoms with van der Waals surface area (Å²) in [6, 6.07) is 4.63. The fraction of sp³-hybridized carbons (Fsp3) is 0.412. The van der Waals surface area contributed by atoms with Crippen molar-refractivity contribution in [3.8, 4) is 0 Å². The molecule has 2 rings (SSSR count). The molecule has 0 saturated heterocycles. The van der Waals surface area contributed by atoms with Crippen molar-refractivity contribution in [3.05, 3.63) is 55.0 Å². The summed E-state index contributed by atoms with van der Waals surface area (Å²) in [4.78, 5) is 23.7. The molecule has 3 nitrogen and oxygen atoms in total. The van der Waals surface area contributed by atoms with Gasteiger partial charge in [-0.3, -0.25) is 0 Å². The van der Waals surface area contributed by atoms with Crippen LogP contribution in [-0.4, -0.2) is 21.8 Å². The molecular formula is C17H19AsClFNO2. The summed E-state index contributed by atoms with van der Waals surface area (Å²) in [5.41, 5.74) is 0.508. The Balaban J connectivity index is 2.12. The first-order valence-electron chi connectivity index (χ1n) is 7.32. The molecule has 0 aliphatic carbocycles. The Bertz CT molecular complexity index is 791. The van der Waals surface area contributed by atoms with E-state index in [1.165, 1.54) is 6.07 Å². The molecule has 1 unspecified atom stereocenters. The van der Waals surface area contributed by atoms with Crippen LogP contribution in [0.3, 0.4) is 0 Å². The van der Waals surface area contributed by atoms with E-state index in [1.807, 2.05) is 6.92 Å². The van der Waals surface area contributed by atoms with Crippen molar-refractivity contribution in [2.75, 3.05) is 5.32 Å². The molecule has 0 aliphatic heterocycles. The van der Waals surface area contributed by atoms with Crippen LogP contribution in [0.4, 0.5) is 10.1 Å². The molecule has 1 N–H and O–H groups in total. The number of halogens is 2. The van der Waals surface area contributed by atoms with Gasteiger partial charge in [-0.25, -0.2) is 0 Å². The van der Waals surface area contributed by atoms with Gasteiger partial charge in [0.25, 0.3) is 0 Å². The van der Waals surface area contributed by atoms with E-state index in [4.69, 9.17) is 11.6 Å². The monoisotopic (exact) mass is 398 g/mol. The molecule has 2 aromatic carbocycles. The molecule has 1 atom stereocenters. The number of benzene rings is 1. The zero-order chi connectivity index (χ0) is 17.4. The zero-order valence-corrected chi connectivity index (χ0v) is 16.2. The van der Waals surface area contributed by atoms with Crippen LogP contribution in [-0.2, 0) is 5.21 Å². The van der Waals surface area contributed by atoms with Crippen LogP contribution >= 0.6 is 11.6 Å². The maximum absolute atomic E-state index is 13.2. The number of nitrogens with one attached hydrogen (secondary N) is 1. The van der Waals surface area contributed by atoms with Crippen LogP contribution in [0.5, 0.6) is 0 Å². The van der Waals surface area contributed by atoms with Crippen molar-refractivity contribution < 1.29 is 4.39 Å². The van der Waals surface area contributed by atoms with Crippen molar-refractivity contribution in [3.63, 3.8) is 0 Å². The van der Waals surface area contributed by atoms with Gasteiger partial charge in [0.05, 0.1) is 0 Å². The standard InChI is InChI=1S/C17H19AsClFNO2/c1-9(17(2,3)4)21-14-13(15(22)16(14)23)18-8-10-5-6-12(20)11(19)7-10/h5-7,9,21H,8H2,1-4H3. The van der Waals surface area contributed by atoms with Crippen molar-refractivity contribution in [2.45, 2.75) is 38.9 Å². The van der Waals surface area contributed by atoms with Gasteiger partial charge in [0, 0.05) is 0 Å². The van der Waals surface area contributed by atoms with E-state index in [-0.39, 0.29) is 21.9 Å². The van der Waals surface area contributed by atoms with Gasteiger partial charge < -0.3 is 0 Å². The van der Waals surface area contributed by atoms with Crippen LogP contribution < -0.4 is 20.5 Å². The van der Waals surface area contributed by atoms with E-state index in [2.05, 4.69) is 26.1 Å². The summed E-state index contributed by atoms with van der Waals surface area (Å²) in [5, 5.41) is 3.89. The van der Waals surface area contributed by atoms with Crippen LogP contribution in [0.25, 0.3) is 0 Å². The van der Waals surface area contributed by atoms with Crippen LogP contribution in [0.15, 0.2) is 27.8 Å². The van der Waals surface area contributed by atoms with E-state index in [0.29, 0.717) is 15.2 Å². The first-order chi connectivity index (χ1) is 10.6. The normalized spacial score (nSPS) is 13.8. The number of hydrogen-bond donors (Lipinski definition) is 1. The summed E-state index contributed by atoms with van der Waals surface area (Å²) >= 11 is 5.27. The second kappa shape index (κ2) is 6.78. The molecule has 23 heavy (non-hydrogen) atoms. The number of rotatable bonds is 5. The molecule has 1 radical (unpaired) electrons. The Morgan fingerprint density at radius 1 is 1.26 bits per heavy atom. The van der Waals surface area contributed by atoms with E-state index >= 15 is 0 Å². The third-order valence-corrected chi connectivity index (χ3v) is 6.90. The van der Waals surface area contributed by atoms with E-state index in [0.717, 1.165) is 5.56 Å². The van der Waals surface area contributed by atoms with Gasteiger partial charge in [-0.05, 0) is 0 Å². The van der Waals surface area contributed by atoms with Crippen LogP contribution in [0.2, 0.25) is 5.02 Å². The average molecular weight is 399 g/mol. The Morgan fingerprint density at radius 2 is 1.91 bits per heavy atom. The van der Waals surface area contributed by atoms with Gasteiger partial charge in [-0.2, -0.15) is 0 Å². The Morgan fingerprint density at radius 3 is 2.48 bits per heavy atom. The molecule has 123 valence electrons. The molecule has 0 bridgehead atoms. The van der Waals surface area contributed by atoms with E-state index < -0.39 is 27.0 Å². The van der Waals surface area contributed by atoms with E-state index in [9.17, 15) is 14.0 Å². The fourth-order valence-corrected chi connectivity index (χ4v) is 4.43. The molecule has 0 aliphatic rings. The second-order valence-electron chi connectivity index (χ2n) is 6.68. The zero-order valence-electron chi connectivity index (χ0n) is 13.5. The van der Waals surface area contributed by atoms with Gasteiger partial charge >= 0.3 is 147 Å². The van der Waals surface area contributed by atoms with Gasteiger partial charge in [-0.1, -0.05) is 0 Å². The van der Waals surface area contributed by atoms with Crippen LogP contribution in [0, 0.1) is 11.2 Å². The first kappa shape index (κ1) is 18.2. The molecule has 0 aromatic heterocycles. The Kier molecular flexibility index (Phi) is 5.37. The van der Waals surface area contributed by atoms with Gasteiger partial charge in [-0.15, -0.1) is 0 Å². The molecule has 0 fully saturated rings. The summed E-state index contributed by atoms with van der Waals surface area (Å²) in [6.07, 6.45) is 0.